The van der Waals surface area contributed by atoms with E-state index in [1.807, 2.05) is 50.2 Å². The Morgan fingerprint density at radius 3 is 1.96 bits per heavy atom. The minimum atomic E-state index is -0.802. The van der Waals surface area contributed by atoms with Gasteiger partial charge in [0.15, 0.2) is 24.8 Å². The van der Waals surface area contributed by atoms with Gasteiger partial charge in [0.1, 0.15) is 6.21 Å². The molecule has 2 aromatic rings. The Hall–Kier alpha value is -2.02. The lowest BCUT2D eigenvalue weighted by Crippen LogP contribution is -3.00. The number of nitrogens with zero attached hydrogens (tertiary/aromatic N) is 3. The zero-order valence-electron chi connectivity index (χ0n) is 14.7. The zero-order valence-corrected chi connectivity index (χ0v) is 16.2. The van der Waals surface area contributed by atoms with Gasteiger partial charge in [-0.1, -0.05) is 31.1 Å². The average molecular weight is 400 g/mol. The van der Waals surface area contributed by atoms with Crippen LogP contribution in [-0.2, 0) is 9.53 Å². The third-order valence-corrected chi connectivity index (χ3v) is 3.39. The van der Waals surface area contributed by atoms with Gasteiger partial charge in [-0.3, -0.25) is 4.79 Å². The third kappa shape index (κ3) is 7.07. The molecule has 0 aliphatic carbocycles. The molecule has 0 bridgehead atoms. The Balaban J connectivity index is 0.00000312. The summed E-state index contributed by atoms with van der Waals surface area (Å²) >= 11 is 0. The fourth-order valence-electron chi connectivity index (χ4n) is 2.34. The maximum Gasteiger partial charge on any atom is 0.328 e. The predicted octanol–water partition coefficient (Wildman–Crippen LogP) is -3.94. The number of ether oxygens (including phenoxy) is 1. The molecule has 2 unspecified atom stereocenters. The highest BCUT2D eigenvalue weighted by Gasteiger charge is 2.34. The van der Waals surface area contributed by atoms with Crippen LogP contribution in [0.4, 0.5) is 0 Å². The number of carbonyl (C=O) groups excluding carboxylic acids is 1. The maximum absolute atomic E-state index is 12.7. The molecule has 0 aromatic carbocycles. The van der Waals surface area contributed by atoms with E-state index in [9.17, 15) is 4.79 Å². The number of rotatable bonds is 8. The summed E-state index contributed by atoms with van der Waals surface area (Å²) in [4.78, 5) is 12.7. The van der Waals surface area contributed by atoms with Crippen LogP contribution in [0.5, 0.6) is 0 Å². The lowest BCUT2D eigenvalue weighted by Gasteiger charge is -2.15. The summed E-state index contributed by atoms with van der Waals surface area (Å²) in [7, 11) is 0. The maximum atomic E-state index is 12.7. The molecule has 0 aliphatic heterocycles. The SMILES string of the molecule is CC(C)CC(=O)C(OC(C=NO)[n+]1ccccc1)[n+]1ccccc1.[Cl-].[Cl-]. The molecule has 142 valence electrons. The fourth-order valence-corrected chi connectivity index (χ4v) is 2.34. The van der Waals surface area contributed by atoms with E-state index < -0.39 is 12.5 Å². The zero-order chi connectivity index (χ0) is 17.4. The summed E-state index contributed by atoms with van der Waals surface area (Å²) in [5.74, 6) is 0.191. The third-order valence-electron chi connectivity index (χ3n) is 3.39. The van der Waals surface area contributed by atoms with E-state index in [2.05, 4.69) is 5.16 Å². The van der Waals surface area contributed by atoms with Crippen LogP contribution in [0.2, 0.25) is 0 Å². The first kappa shape index (κ1) is 24.0. The Morgan fingerprint density at radius 2 is 1.50 bits per heavy atom. The first-order valence-corrected chi connectivity index (χ1v) is 7.89. The summed E-state index contributed by atoms with van der Waals surface area (Å²) in [6.45, 7) is 3.98. The van der Waals surface area contributed by atoms with Crippen molar-refractivity contribution in [3.8, 4) is 0 Å². The highest BCUT2D eigenvalue weighted by Crippen LogP contribution is 2.14. The van der Waals surface area contributed by atoms with Gasteiger partial charge in [-0.2, -0.15) is 9.13 Å². The van der Waals surface area contributed by atoms with Crippen LogP contribution in [0.1, 0.15) is 32.7 Å². The van der Waals surface area contributed by atoms with Crippen LogP contribution in [0.25, 0.3) is 0 Å². The van der Waals surface area contributed by atoms with Crippen molar-refractivity contribution in [1.82, 2.24) is 0 Å². The number of Topliss-reactive ketones (excluding diaryl/α,β-unsaturated/α-hetero) is 1. The number of aromatic nitrogens is 2. The lowest BCUT2D eigenvalue weighted by molar-refractivity contribution is -0.803. The number of ketones is 1. The molecular formula is C18H23Cl2N3O3. The van der Waals surface area contributed by atoms with Crippen LogP contribution in [0.3, 0.4) is 0 Å². The molecule has 0 saturated heterocycles. The second-order valence-corrected chi connectivity index (χ2v) is 5.85. The number of hydrogen-bond acceptors (Lipinski definition) is 4. The number of hydrogen-bond donors (Lipinski definition) is 1. The molecule has 26 heavy (non-hydrogen) atoms. The van der Waals surface area contributed by atoms with E-state index in [1.54, 1.807) is 33.9 Å². The quantitative estimate of drug-likeness (QED) is 0.213. The first-order chi connectivity index (χ1) is 11.6. The standard InChI is InChI=1S/C18H22N3O3.2ClH/c1-15(2)13-16(22)18(21-11-7-4-8-12-21)24-17(14-19-23)20-9-5-3-6-10-20;;/h3-12,14-15,17-18H,13H2,1-2H3;2*1H/q+1;;/p-1. The van der Waals surface area contributed by atoms with Crippen molar-refractivity contribution >= 4 is 12.0 Å². The predicted molar refractivity (Wildman–Crippen MR) is 87.2 cm³/mol. The largest absolute Gasteiger partial charge is 1.00 e. The number of oxime groups is 1. The normalized spacial score (nSPS) is 12.9. The second-order valence-electron chi connectivity index (χ2n) is 5.85. The number of halogens is 2. The van der Waals surface area contributed by atoms with Crippen molar-refractivity contribution in [1.29, 1.82) is 0 Å². The van der Waals surface area contributed by atoms with Gasteiger partial charge in [0.05, 0.1) is 0 Å². The molecule has 0 spiro atoms. The van der Waals surface area contributed by atoms with E-state index in [-0.39, 0.29) is 36.5 Å². The molecule has 6 nitrogen and oxygen atoms in total. The van der Waals surface area contributed by atoms with Crippen molar-refractivity contribution < 1.29 is 48.7 Å². The van der Waals surface area contributed by atoms with Crippen LogP contribution in [0, 0.1) is 5.92 Å². The molecule has 2 atom stereocenters. The van der Waals surface area contributed by atoms with Gasteiger partial charge in [-0.05, 0) is 5.92 Å². The lowest BCUT2D eigenvalue weighted by atomic mass is 10.1. The molecule has 1 N–H and O–H groups in total. The minimum absolute atomic E-state index is 0. The summed E-state index contributed by atoms with van der Waals surface area (Å²) in [6.07, 6.45) is 7.28. The molecule has 0 fully saturated rings. The molecule has 0 aliphatic rings. The average Bonchev–Trinajstić information content (AvgIpc) is 2.59. The number of carbonyl (C=O) groups is 1. The minimum Gasteiger partial charge on any atom is -1.00 e. The molecule has 0 amide bonds. The van der Waals surface area contributed by atoms with Gasteiger partial charge in [0.25, 0.3) is 0 Å². The van der Waals surface area contributed by atoms with E-state index in [1.165, 1.54) is 6.21 Å². The van der Waals surface area contributed by atoms with Gasteiger partial charge in [0.2, 0.25) is 5.78 Å². The van der Waals surface area contributed by atoms with Crippen LogP contribution < -0.4 is 33.9 Å². The first-order valence-electron chi connectivity index (χ1n) is 7.89. The number of pyridine rings is 2. The smallest absolute Gasteiger partial charge is 0.328 e. The van der Waals surface area contributed by atoms with E-state index >= 15 is 0 Å². The summed E-state index contributed by atoms with van der Waals surface area (Å²) < 4.78 is 9.43. The fraction of sp³-hybridized carbons (Fsp3) is 0.333. The molecular weight excluding hydrogens is 377 g/mol. The molecule has 2 heterocycles. The molecule has 2 aromatic heterocycles. The molecule has 0 radical (unpaired) electrons. The van der Waals surface area contributed by atoms with Gasteiger partial charge in [-0.25, -0.2) is 4.74 Å². The monoisotopic (exact) mass is 399 g/mol. The summed E-state index contributed by atoms with van der Waals surface area (Å²) in [5, 5.41) is 12.0. The van der Waals surface area contributed by atoms with Crippen LogP contribution >= 0.6 is 0 Å². The summed E-state index contributed by atoms with van der Waals surface area (Å²) in [5.41, 5.74) is 0. The van der Waals surface area contributed by atoms with Crippen molar-refractivity contribution in [2.45, 2.75) is 32.7 Å². The Bertz CT molecular complexity index is 670. The Labute approximate surface area is 165 Å². The molecule has 8 heteroatoms. The Kier molecular flexibility index (Phi) is 11.4. The molecule has 0 saturated carbocycles. The van der Waals surface area contributed by atoms with E-state index in [0.29, 0.717) is 6.42 Å². The molecule has 2 rings (SSSR count). The van der Waals surface area contributed by atoms with Gasteiger partial charge in [-0.15, -0.1) is 0 Å². The van der Waals surface area contributed by atoms with Gasteiger partial charge in [0, 0.05) is 30.7 Å². The van der Waals surface area contributed by atoms with Gasteiger partial charge >= 0.3 is 12.5 Å². The van der Waals surface area contributed by atoms with Crippen molar-refractivity contribution in [2.24, 2.45) is 11.1 Å². The highest BCUT2D eigenvalue weighted by molar-refractivity contribution is 5.80. The van der Waals surface area contributed by atoms with E-state index in [4.69, 9.17) is 9.94 Å². The van der Waals surface area contributed by atoms with Crippen molar-refractivity contribution in [3.63, 3.8) is 0 Å². The van der Waals surface area contributed by atoms with Crippen LogP contribution in [0.15, 0.2) is 66.3 Å². The van der Waals surface area contributed by atoms with Crippen LogP contribution in [-0.4, -0.2) is 17.2 Å². The Morgan fingerprint density at radius 1 is 1.00 bits per heavy atom. The van der Waals surface area contributed by atoms with Gasteiger partial charge < -0.3 is 30.0 Å². The van der Waals surface area contributed by atoms with Crippen molar-refractivity contribution in [2.75, 3.05) is 0 Å². The summed E-state index contributed by atoms with van der Waals surface area (Å²) in [6, 6.07) is 11.1. The highest BCUT2D eigenvalue weighted by atomic mass is 35.5. The van der Waals surface area contributed by atoms with E-state index in [0.717, 1.165) is 0 Å². The topological polar surface area (TPSA) is 66.7 Å². The van der Waals surface area contributed by atoms with Crippen molar-refractivity contribution in [3.05, 3.63) is 61.2 Å². The second kappa shape index (κ2) is 12.4.